The lowest BCUT2D eigenvalue weighted by molar-refractivity contribution is -0.137. The summed E-state index contributed by atoms with van der Waals surface area (Å²) in [5, 5.41) is -0.128. The normalized spacial score (nSPS) is 11.6. The first-order chi connectivity index (χ1) is 7.34. The molecular formula is C10H9ClF3NO. The summed E-state index contributed by atoms with van der Waals surface area (Å²) in [6, 6.07) is 0.785. The molecule has 0 radical (unpaired) electrons. The molecule has 0 fully saturated rings. The molecule has 88 valence electrons. The van der Waals surface area contributed by atoms with E-state index in [0.29, 0.717) is 12.6 Å². The predicted molar refractivity (Wildman–Crippen MR) is 53.3 cm³/mol. The molecule has 2 nitrogen and oxygen atoms in total. The van der Waals surface area contributed by atoms with Gasteiger partial charge >= 0.3 is 6.18 Å². The number of pyridine rings is 1. The third kappa shape index (κ3) is 3.20. The standard InChI is InChI=1S/C10H9ClF3NO/c1-2-7(16)4-9-8(11)3-6(5-15-9)10(12,13)14/h3,5H,2,4H2,1H3. The Labute approximate surface area is 95.4 Å². The van der Waals surface area contributed by atoms with Crippen LogP contribution in [-0.2, 0) is 17.4 Å². The Balaban J connectivity index is 2.96. The van der Waals surface area contributed by atoms with Gasteiger partial charge in [-0.1, -0.05) is 18.5 Å². The molecule has 0 saturated carbocycles. The molecule has 1 heterocycles. The van der Waals surface area contributed by atoms with Crippen LogP contribution in [0.5, 0.6) is 0 Å². The largest absolute Gasteiger partial charge is 0.417 e. The highest BCUT2D eigenvalue weighted by Crippen LogP contribution is 2.31. The summed E-state index contributed by atoms with van der Waals surface area (Å²) < 4.78 is 36.8. The molecule has 1 aromatic rings. The van der Waals surface area contributed by atoms with Gasteiger partial charge in [-0.2, -0.15) is 13.2 Å². The summed E-state index contributed by atoms with van der Waals surface area (Å²) in [5.74, 6) is -0.117. The molecule has 0 saturated heterocycles. The highest BCUT2D eigenvalue weighted by atomic mass is 35.5. The van der Waals surface area contributed by atoms with Crippen LogP contribution in [0.1, 0.15) is 24.6 Å². The van der Waals surface area contributed by atoms with Crippen molar-refractivity contribution in [2.75, 3.05) is 0 Å². The summed E-state index contributed by atoms with van der Waals surface area (Å²) >= 11 is 5.62. The molecule has 0 spiro atoms. The maximum absolute atomic E-state index is 12.3. The van der Waals surface area contributed by atoms with Crippen molar-refractivity contribution in [1.82, 2.24) is 4.98 Å². The van der Waals surface area contributed by atoms with Crippen LogP contribution in [-0.4, -0.2) is 10.8 Å². The third-order valence-electron chi connectivity index (χ3n) is 2.00. The van der Waals surface area contributed by atoms with Crippen molar-refractivity contribution in [2.45, 2.75) is 25.9 Å². The molecule has 16 heavy (non-hydrogen) atoms. The Morgan fingerprint density at radius 2 is 2.12 bits per heavy atom. The lowest BCUT2D eigenvalue weighted by Crippen LogP contribution is -2.08. The number of carbonyl (C=O) groups excluding carboxylic acids is 1. The van der Waals surface area contributed by atoms with Gasteiger partial charge in [-0.05, 0) is 6.07 Å². The second-order valence-electron chi connectivity index (χ2n) is 3.22. The van der Waals surface area contributed by atoms with Gasteiger partial charge in [0.2, 0.25) is 0 Å². The molecule has 0 aliphatic carbocycles. The van der Waals surface area contributed by atoms with Gasteiger partial charge in [0.25, 0.3) is 0 Å². The van der Waals surface area contributed by atoms with E-state index in [2.05, 4.69) is 4.98 Å². The first-order valence-corrected chi connectivity index (χ1v) is 4.95. The molecule has 1 aromatic heterocycles. The molecule has 1 rings (SSSR count). The average Bonchev–Trinajstić information content (AvgIpc) is 2.19. The zero-order valence-corrected chi connectivity index (χ0v) is 9.19. The molecule has 6 heteroatoms. The van der Waals surface area contributed by atoms with Crippen LogP contribution in [0, 0.1) is 0 Å². The number of hydrogen-bond donors (Lipinski definition) is 0. The van der Waals surface area contributed by atoms with Crippen molar-refractivity contribution >= 4 is 17.4 Å². The number of halogens is 4. The van der Waals surface area contributed by atoms with Gasteiger partial charge in [-0.3, -0.25) is 9.78 Å². The zero-order valence-electron chi connectivity index (χ0n) is 8.44. The topological polar surface area (TPSA) is 30.0 Å². The smallest absolute Gasteiger partial charge is 0.299 e. The van der Waals surface area contributed by atoms with Gasteiger partial charge in [0.1, 0.15) is 5.78 Å². The number of nitrogens with zero attached hydrogens (tertiary/aromatic N) is 1. The molecule has 0 aliphatic heterocycles. The lowest BCUT2D eigenvalue weighted by Gasteiger charge is -2.08. The summed E-state index contributed by atoms with van der Waals surface area (Å²) in [5.41, 5.74) is -0.730. The van der Waals surface area contributed by atoms with Crippen LogP contribution >= 0.6 is 11.6 Å². The number of hydrogen-bond acceptors (Lipinski definition) is 2. The fourth-order valence-corrected chi connectivity index (χ4v) is 1.30. The first-order valence-electron chi connectivity index (χ1n) is 4.58. The van der Waals surface area contributed by atoms with Crippen molar-refractivity contribution in [1.29, 1.82) is 0 Å². The fraction of sp³-hybridized carbons (Fsp3) is 0.400. The fourth-order valence-electron chi connectivity index (χ4n) is 1.06. The SMILES string of the molecule is CCC(=O)Cc1ncc(C(F)(F)F)cc1Cl. The second kappa shape index (κ2) is 4.82. The van der Waals surface area contributed by atoms with Crippen molar-refractivity contribution in [3.63, 3.8) is 0 Å². The van der Waals surface area contributed by atoms with E-state index in [0.717, 1.165) is 6.07 Å². The predicted octanol–water partition coefficient (Wildman–Crippen LogP) is 3.28. The second-order valence-corrected chi connectivity index (χ2v) is 3.63. The first kappa shape index (κ1) is 13.0. The molecular weight excluding hydrogens is 243 g/mol. The van der Waals surface area contributed by atoms with E-state index in [-0.39, 0.29) is 22.9 Å². The van der Waals surface area contributed by atoms with Gasteiger partial charge in [-0.25, -0.2) is 0 Å². The Morgan fingerprint density at radius 1 is 1.50 bits per heavy atom. The van der Waals surface area contributed by atoms with Crippen molar-refractivity contribution in [3.8, 4) is 0 Å². The Kier molecular flexibility index (Phi) is 3.91. The molecule has 0 unspecified atom stereocenters. The van der Waals surface area contributed by atoms with Crippen LogP contribution in [0.2, 0.25) is 5.02 Å². The molecule has 0 N–H and O–H groups in total. The minimum atomic E-state index is -4.47. The van der Waals surface area contributed by atoms with Crippen LogP contribution in [0.4, 0.5) is 13.2 Å². The van der Waals surface area contributed by atoms with Gasteiger partial charge < -0.3 is 0 Å². The number of ketones is 1. The summed E-state index contributed by atoms with van der Waals surface area (Å²) in [6.07, 6.45) is -3.51. The number of rotatable bonds is 3. The Morgan fingerprint density at radius 3 is 2.56 bits per heavy atom. The quantitative estimate of drug-likeness (QED) is 0.825. The summed E-state index contributed by atoms with van der Waals surface area (Å²) in [4.78, 5) is 14.7. The third-order valence-corrected chi connectivity index (χ3v) is 2.33. The van der Waals surface area contributed by atoms with Crippen LogP contribution < -0.4 is 0 Å². The van der Waals surface area contributed by atoms with E-state index in [4.69, 9.17) is 11.6 Å². The van der Waals surface area contributed by atoms with Crippen molar-refractivity contribution < 1.29 is 18.0 Å². The molecule has 0 amide bonds. The minimum Gasteiger partial charge on any atom is -0.299 e. The van der Waals surface area contributed by atoms with E-state index in [1.165, 1.54) is 0 Å². The molecule has 0 aliphatic rings. The number of carbonyl (C=O) groups is 1. The van der Waals surface area contributed by atoms with Gasteiger partial charge in [0.15, 0.2) is 0 Å². The molecule has 0 aromatic carbocycles. The zero-order chi connectivity index (χ0) is 12.3. The number of alkyl halides is 3. The van der Waals surface area contributed by atoms with Crippen LogP contribution in [0.25, 0.3) is 0 Å². The molecule has 0 atom stereocenters. The van der Waals surface area contributed by atoms with Gasteiger partial charge in [-0.15, -0.1) is 0 Å². The van der Waals surface area contributed by atoms with Crippen molar-refractivity contribution in [2.24, 2.45) is 0 Å². The minimum absolute atomic E-state index is 0.0343. The monoisotopic (exact) mass is 251 g/mol. The maximum atomic E-state index is 12.3. The van der Waals surface area contributed by atoms with E-state index in [1.807, 2.05) is 0 Å². The summed E-state index contributed by atoms with van der Waals surface area (Å²) in [6.45, 7) is 1.67. The average molecular weight is 252 g/mol. The van der Waals surface area contributed by atoms with E-state index in [9.17, 15) is 18.0 Å². The van der Waals surface area contributed by atoms with E-state index < -0.39 is 11.7 Å². The Bertz CT molecular complexity index is 404. The van der Waals surface area contributed by atoms with Crippen molar-refractivity contribution in [3.05, 3.63) is 28.5 Å². The van der Waals surface area contributed by atoms with Gasteiger partial charge in [0, 0.05) is 12.6 Å². The van der Waals surface area contributed by atoms with Gasteiger partial charge in [0.05, 0.1) is 22.7 Å². The summed E-state index contributed by atoms with van der Waals surface area (Å²) in [7, 11) is 0. The van der Waals surface area contributed by atoms with Crippen LogP contribution in [0.15, 0.2) is 12.3 Å². The Hall–Kier alpha value is -1.10. The lowest BCUT2D eigenvalue weighted by atomic mass is 10.1. The van der Waals surface area contributed by atoms with E-state index >= 15 is 0 Å². The number of Topliss-reactive ketones (excluding diaryl/α,β-unsaturated/α-hetero) is 1. The highest BCUT2D eigenvalue weighted by Gasteiger charge is 2.31. The maximum Gasteiger partial charge on any atom is 0.417 e. The number of aromatic nitrogens is 1. The highest BCUT2D eigenvalue weighted by molar-refractivity contribution is 6.31. The van der Waals surface area contributed by atoms with E-state index in [1.54, 1.807) is 6.92 Å². The molecule has 0 bridgehead atoms. The van der Waals surface area contributed by atoms with Crippen LogP contribution in [0.3, 0.4) is 0 Å².